The Bertz CT molecular complexity index is 625. The number of alkyl halides is 1. The van der Waals surface area contributed by atoms with Crippen molar-refractivity contribution in [3.63, 3.8) is 0 Å². The number of ether oxygens (including phenoxy) is 2. The largest absolute Gasteiger partial charge is 0.491 e. The average Bonchev–Trinajstić information content (AvgIpc) is 2.70. The Balaban J connectivity index is 2.04. The van der Waals surface area contributed by atoms with Crippen molar-refractivity contribution in [1.82, 2.24) is 0 Å². The third-order valence-electron chi connectivity index (χ3n) is 4.43. The standard InChI is InChI=1S/C21H27IO5/c1-21(2,15-3-7-19(8-4-15)26-13-17(24)11-22)16-5-9-20(10-6-16)27-14-18(25)12-23/h3-10,17-18,23-25H,11-14H2,1-2H3/t17-,18+/m1/s1. The molecule has 0 spiro atoms. The zero-order valence-corrected chi connectivity index (χ0v) is 17.8. The van der Waals surface area contributed by atoms with Crippen molar-refractivity contribution in [1.29, 1.82) is 0 Å². The fourth-order valence-corrected chi connectivity index (χ4v) is 2.84. The van der Waals surface area contributed by atoms with E-state index in [2.05, 4.69) is 36.4 Å². The van der Waals surface area contributed by atoms with E-state index >= 15 is 0 Å². The Morgan fingerprint density at radius 3 is 1.59 bits per heavy atom. The van der Waals surface area contributed by atoms with Gasteiger partial charge in [0.25, 0.3) is 0 Å². The fraction of sp³-hybridized carbons (Fsp3) is 0.429. The van der Waals surface area contributed by atoms with E-state index in [1.54, 1.807) is 0 Å². The molecule has 2 aromatic rings. The van der Waals surface area contributed by atoms with Crippen LogP contribution in [0.5, 0.6) is 11.5 Å². The summed E-state index contributed by atoms with van der Waals surface area (Å²) in [4.78, 5) is 0. The minimum Gasteiger partial charge on any atom is -0.491 e. The van der Waals surface area contributed by atoms with Gasteiger partial charge in [0.15, 0.2) is 0 Å². The number of rotatable bonds is 10. The van der Waals surface area contributed by atoms with E-state index in [0.29, 0.717) is 10.2 Å². The molecule has 0 bridgehead atoms. The Hall–Kier alpha value is -1.35. The maximum atomic E-state index is 9.59. The highest BCUT2D eigenvalue weighted by Gasteiger charge is 2.23. The van der Waals surface area contributed by atoms with Gasteiger partial charge in [-0.15, -0.1) is 0 Å². The van der Waals surface area contributed by atoms with Gasteiger partial charge in [0.05, 0.1) is 12.7 Å². The fourth-order valence-electron chi connectivity index (χ4n) is 2.58. The SMILES string of the molecule is CC(C)(c1ccc(OC[C@H](O)CI)cc1)c1ccc(OC[C@@H](O)CO)cc1. The molecule has 5 nitrogen and oxygen atoms in total. The molecule has 0 unspecified atom stereocenters. The second-order valence-corrected chi connectivity index (χ2v) is 7.82. The van der Waals surface area contributed by atoms with E-state index in [9.17, 15) is 10.2 Å². The molecular weight excluding hydrogens is 459 g/mol. The van der Waals surface area contributed by atoms with Gasteiger partial charge >= 0.3 is 0 Å². The van der Waals surface area contributed by atoms with Crippen molar-refractivity contribution in [2.45, 2.75) is 31.5 Å². The molecule has 27 heavy (non-hydrogen) atoms. The van der Waals surface area contributed by atoms with E-state index in [-0.39, 0.29) is 25.2 Å². The van der Waals surface area contributed by atoms with E-state index in [1.165, 1.54) is 0 Å². The van der Waals surface area contributed by atoms with Crippen molar-refractivity contribution in [2.24, 2.45) is 0 Å². The first kappa shape index (κ1) is 21.9. The lowest BCUT2D eigenvalue weighted by Gasteiger charge is -2.26. The highest BCUT2D eigenvalue weighted by molar-refractivity contribution is 14.1. The molecule has 0 amide bonds. The van der Waals surface area contributed by atoms with Gasteiger partial charge in [-0.3, -0.25) is 0 Å². The van der Waals surface area contributed by atoms with Crippen LogP contribution in [0.25, 0.3) is 0 Å². The second kappa shape index (κ2) is 10.3. The van der Waals surface area contributed by atoms with E-state index in [0.717, 1.165) is 16.9 Å². The number of halogens is 1. The van der Waals surface area contributed by atoms with Crippen LogP contribution in [0.1, 0.15) is 25.0 Å². The summed E-state index contributed by atoms with van der Waals surface area (Å²) in [5.41, 5.74) is 2.07. The number of hydrogen-bond acceptors (Lipinski definition) is 5. The third-order valence-corrected chi connectivity index (χ3v) is 5.44. The van der Waals surface area contributed by atoms with Crippen molar-refractivity contribution < 1.29 is 24.8 Å². The summed E-state index contributed by atoms with van der Waals surface area (Å²) in [6.45, 7) is 4.33. The van der Waals surface area contributed by atoms with Crippen molar-refractivity contribution in [3.8, 4) is 11.5 Å². The van der Waals surface area contributed by atoms with Gasteiger partial charge in [0, 0.05) is 9.84 Å². The molecule has 0 aliphatic heterocycles. The molecule has 0 radical (unpaired) electrons. The summed E-state index contributed by atoms with van der Waals surface area (Å²) in [5, 5.41) is 27.8. The predicted octanol–water partition coefficient (Wildman–Crippen LogP) is 2.92. The van der Waals surface area contributed by atoms with Crippen LogP contribution in [-0.4, -0.2) is 51.8 Å². The van der Waals surface area contributed by atoms with Crippen molar-refractivity contribution in [2.75, 3.05) is 24.2 Å². The Morgan fingerprint density at radius 2 is 1.22 bits per heavy atom. The van der Waals surface area contributed by atoms with Crippen molar-refractivity contribution in [3.05, 3.63) is 59.7 Å². The monoisotopic (exact) mass is 486 g/mol. The summed E-state index contributed by atoms with van der Waals surface area (Å²) in [5.74, 6) is 1.39. The summed E-state index contributed by atoms with van der Waals surface area (Å²) >= 11 is 2.13. The molecule has 2 rings (SSSR count). The first-order valence-electron chi connectivity index (χ1n) is 8.86. The van der Waals surface area contributed by atoms with E-state index in [1.807, 2.05) is 48.5 Å². The van der Waals surface area contributed by atoms with E-state index in [4.69, 9.17) is 14.6 Å². The second-order valence-electron chi connectivity index (χ2n) is 6.94. The highest BCUT2D eigenvalue weighted by atomic mass is 127. The molecule has 0 fully saturated rings. The summed E-state index contributed by atoms with van der Waals surface area (Å²) in [7, 11) is 0. The molecule has 6 heteroatoms. The molecule has 0 aliphatic carbocycles. The maximum absolute atomic E-state index is 9.59. The molecule has 148 valence electrons. The van der Waals surface area contributed by atoms with Crippen LogP contribution in [0.2, 0.25) is 0 Å². The number of hydrogen-bond donors (Lipinski definition) is 3. The quantitative estimate of drug-likeness (QED) is 0.356. The maximum Gasteiger partial charge on any atom is 0.119 e. The molecule has 3 N–H and O–H groups in total. The van der Waals surface area contributed by atoms with Crippen LogP contribution in [0.3, 0.4) is 0 Å². The normalized spacial score (nSPS) is 13.9. The Morgan fingerprint density at radius 1 is 0.815 bits per heavy atom. The number of aliphatic hydroxyl groups excluding tert-OH is 3. The third kappa shape index (κ3) is 6.34. The predicted molar refractivity (Wildman–Crippen MR) is 114 cm³/mol. The van der Waals surface area contributed by atoms with E-state index < -0.39 is 12.2 Å². The molecule has 0 heterocycles. The summed E-state index contributed by atoms with van der Waals surface area (Å²) in [6, 6.07) is 15.6. The molecule has 0 saturated carbocycles. The van der Waals surface area contributed by atoms with Gasteiger partial charge in [-0.25, -0.2) is 0 Å². The lowest BCUT2D eigenvalue weighted by atomic mass is 9.78. The van der Waals surface area contributed by atoms with Gasteiger partial charge in [-0.1, -0.05) is 60.7 Å². The van der Waals surface area contributed by atoms with Gasteiger partial charge in [0.1, 0.15) is 30.8 Å². The van der Waals surface area contributed by atoms with Crippen LogP contribution in [0, 0.1) is 0 Å². The Labute approximate surface area is 174 Å². The van der Waals surface area contributed by atoms with Crippen LogP contribution in [0.15, 0.2) is 48.5 Å². The van der Waals surface area contributed by atoms with Crippen LogP contribution >= 0.6 is 22.6 Å². The number of benzene rings is 2. The van der Waals surface area contributed by atoms with Gasteiger partial charge in [-0.05, 0) is 35.4 Å². The minimum atomic E-state index is -0.875. The molecule has 2 atom stereocenters. The molecule has 0 saturated heterocycles. The average molecular weight is 486 g/mol. The topological polar surface area (TPSA) is 79.2 Å². The number of aliphatic hydroxyl groups is 3. The smallest absolute Gasteiger partial charge is 0.119 e. The molecule has 2 aromatic carbocycles. The lowest BCUT2D eigenvalue weighted by Crippen LogP contribution is -2.21. The first-order chi connectivity index (χ1) is 12.9. The summed E-state index contributed by atoms with van der Waals surface area (Å²) < 4.78 is 11.7. The highest BCUT2D eigenvalue weighted by Crippen LogP contribution is 2.33. The zero-order valence-electron chi connectivity index (χ0n) is 15.6. The minimum absolute atomic E-state index is 0.0625. The molecular formula is C21H27IO5. The zero-order chi connectivity index (χ0) is 19.9. The lowest BCUT2D eigenvalue weighted by molar-refractivity contribution is 0.0536. The molecule has 0 aromatic heterocycles. The molecule has 0 aliphatic rings. The van der Waals surface area contributed by atoms with Gasteiger partial charge in [-0.2, -0.15) is 0 Å². The van der Waals surface area contributed by atoms with Crippen LogP contribution in [-0.2, 0) is 5.41 Å². The van der Waals surface area contributed by atoms with Gasteiger partial charge in [0.2, 0.25) is 0 Å². The van der Waals surface area contributed by atoms with Crippen LogP contribution < -0.4 is 9.47 Å². The van der Waals surface area contributed by atoms with Crippen molar-refractivity contribution >= 4 is 22.6 Å². The summed E-state index contributed by atoms with van der Waals surface area (Å²) in [6.07, 6.45) is -1.33. The van der Waals surface area contributed by atoms with Gasteiger partial charge < -0.3 is 24.8 Å². The Kier molecular flexibility index (Phi) is 8.34. The first-order valence-corrected chi connectivity index (χ1v) is 10.4. The van der Waals surface area contributed by atoms with Crippen LogP contribution in [0.4, 0.5) is 0 Å².